The number of rotatable bonds is 3. The average Bonchev–Trinajstić information content (AvgIpc) is 2.63. The minimum absolute atomic E-state index is 0.0893. The first kappa shape index (κ1) is 17.7. The van der Waals surface area contributed by atoms with Crippen LogP contribution in [-0.4, -0.2) is 6.03 Å². The lowest BCUT2D eigenvalue weighted by Gasteiger charge is -2.35. The Morgan fingerprint density at radius 3 is 2.58 bits per heavy atom. The van der Waals surface area contributed by atoms with Gasteiger partial charge in [0.1, 0.15) is 5.82 Å². The molecule has 0 fully saturated rings. The fraction of sp³-hybridized carbons (Fsp3) is 0.238. The van der Waals surface area contributed by atoms with Crippen LogP contribution < -0.4 is 10.6 Å². The van der Waals surface area contributed by atoms with E-state index in [1.54, 1.807) is 12.1 Å². The molecule has 2 amide bonds. The van der Waals surface area contributed by atoms with E-state index in [4.69, 9.17) is 0 Å². The molecule has 2 aromatic rings. The van der Waals surface area contributed by atoms with Gasteiger partial charge in [0.15, 0.2) is 0 Å². The van der Waals surface area contributed by atoms with Crippen LogP contribution in [0.25, 0.3) is 5.70 Å². The van der Waals surface area contributed by atoms with E-state index in [9.17, 15) is 14.4 Å². The lowest BCUT2D eigenvalue weighted by atomic mass is 9.69. The van der Waals surface area contributed by atoms with E-state index in [1.165, 1.54) is 12.1 Å². The Bertz CT molecular complexity index is 929. The van der Waals surface area contributed by atoms with E-state index in [1.807, 2.05) is 38.1 Å². The summed E-state index contributed by atoms with van der Waals surface area (Å²) in [6.07, 6.45) is 1.51. The highest BCUT2D eigenvalue weighted by Gasteiger charge is 2.36. The van der Waals surface area contributed by atoms with Gasteiger partial charge in [0, 0.05) is 11.0 Å². The summed E-state index contributed by atoms with van der Waals surface area (Å²) in [6.45, 7) is 4.06. The highest BCUT2D eigenvalue weighted by atomic mass is 19.1. The van der Waals surface area contributed by atoms with Crippen LogP contribution in [-0.2, 0) is 6.42 Å². The first-order chi connectivity index (χ1) is 12.5. The second-order valence-corrected chi connectivity index (χ2v) is 6.67. The number of carbonyl (C=O) groups excluding carboxylic acids is 1. The van der Waals surface area contributed by atoms with Gasteiger partial charge < -0.3 is 10.6 Å². The predicted octanol–water partition coefficient (Wildman–Crippen LogP) is 4.85. The SMILES string of the molecule is CC[C@@]1(C)Cc2ccccc2C(NC(=O)Nc2ccccc2F)=C1C#N. The minimum atomic E-state index is -0.576. The lowest BCUT2D eigenvalue weighted by Crippen LogP contribution is -2.35. The summed E-state index contributed by atoms with van der Waals surface area (Å²) in [4.78, 5) is 12.5. The molecular formula is C21H20FN3O. The molecule has 0 saturated heterocycles. The predicted molar refractivity (Wildman–Crippen MR) is 99.6 cm³/mol. The van der Waals surface area contributed by atoms with Gasteiger partial charge in [-0.15, -0.1) is 0 Å². The van der Waals surface area contributed by atoms with Crippen LogP contribution in [0.3, 0.4) is 0 Å². The van der Waals surface area contributed by atoms with E-state index in [0.29, 0.717) is 11.3 Å². The molecule has 2 aromatic carbocycles. The number of halogens is 1. The Balaban J connectivity index is 1.98. The van der Waals surface area contributed by atoms with Gasteiger partial charge in [-0.1, -0.05) is 50.2 Å². The molecule has 0 saturated carbocycles. The fourth-order valence-corrected chi connectivity index (χ4v) is 3.32. The van der Waals surface area contributed by atoms with Crippen LogP contribution in [0.4, 0.5) is 14.9 Å². The minimum Gasteiger partial charge on any atom is -0.306 e. The maximum absolute atomic E-state index is 13.8. The van der Waals surface area contributed by atoms with Crippen LogP contribution >= 0.6 is 0 Å². The first-order valence-corrected chi connectivity index (χ1v) is 8.54. The highest BCUT2D eigenvalue weighted by molar-refractivity contribution is 5.97. The van der Waals surface area contributed by atoms with Crippen molar-refractivity contribution in [2.75, 3.05) is 5.32 Å². The molecule has 4 nitrogen and oxygen atoms in total. The zero-order chi connectivity index (χ0) is 18.7. The molecule has 0 aliphatic heterocycles. The normalized spacial score (nSPS) is 18.7. The van der Waals surface area contributed by atoms with E-state index in [0.717, 1.165) is 24.0 Å². The summed E-state index contributed by atoms with van der Waals surface area (Å²) in [7, 11) is 0. The third-order valence-electron chi connectivity index (χ3n) is 4.97. The summed E-state index contributed by atoms with van der Waals surface area (Å²) >= 11 is 0. The van der Waals surface area contributed by atoms with Crippen molar-refractivity contribution < 1.29 is 9.18 Å². The van der Waals surface area contributed by atoms with Gasteiger partial charge in [0.25, 0.3) is 0 Å². The van der Waals surface area contributed by atoms with Crippen molar-refractivity contribution in [1.29, 1.82) is 5.26 Å². The summed E-state index contributed by atoms with van der Waals surface area (Å²) in [6, 6.07) is 15.4. The Labute approximate surface area is 152 Å². The number of anilines is 1. The third-order valence-corrected chi connectivity index (χ3v) is 4.97. The second kappa shape index (κ2) is 7.01. The molecule has 0 bridgehead atoms. The first-order valence-electron chi connectivity index (χ1n) is 8.54. The van der Waals surface area contributed by atoms with E-state index >= 15 is 0 Å². The largest absolute Gasteiger partial charge is 0.323 e. The molecule has 5 heteroatoms. The monoisotopic (exact) mass is 349 g/mol. The lowest BCUT2D eigenvalue weighted by molar-refractivity contribution is 0.255. The molecule has 2 N–H and O–H groups in total. The number of urea groups is 1. The van der Waals surface area contributed by atoms with Gasteiger partial charge in [0.05, 0.1) is 23.0 Å². The molecule has 0 unspecified atom stereocenters. The van der Waals surface area contributed by atoms with Gasteiger partial charge in [-0.2, -0.15) is 5.26 Å². The molecule has 0 heterocycles. The van der Waals surface area contributed by atoms with Crippen LogP contribution in [0.15, 0.2) is 54.1 Å². The quantitative estimate of drug-likeness (QED) is 0.831. The topological polar surface area (TPSA) is 64.9 Å². The zero-order valence-corrected chi connectivity index (χ0v) is 14.8. The number of nitrogens with one attached hydrogen (secondary N) is 2. The molecule has 3 rings (SSSR count). The molecular weight excluding hydrogens is 329 g/mol. The molecule has 0 spiro atoms. The van der Waals surface area contributed by atoms with Crippen LogP contribution in [0, 0.1) is 22.6 Å². The number of nitriles is 1. The van der Waals surface area contributed by atoms with Gasteiger partial charge in [-0.05, 0) is 30.5 Å². The smallest absolute Gasteiger partial charge is 0.306 e. The molecule has 0 radical (unpaired) electrons. The number of hydrogen-bond donors (Lipinski definition) is 2. The zero-order valence-electron chi connectivity index (χ0n) is 14.8. The Morgan fingerprint density at radius 1 is 1.19 bits per heavy atom. The van der Waals surface area contributed by atoms with E-state index in [-0.39, 0.29) is 11.1 Å². The van der Waals surface area contributed by atoms with Crippen LogP contribution in [0.5, 0.6) is 0 Å². The van der Waals surface area contributed by atoms with Crippen LogP contribution in [0.1, 0.15) is 31.4 Å². The highest BCUT2D eigenvalue weighted by Crippen LogP contribution is 2.43. The average molecular weight is 349 g/mol. The van der Waals surface area contributed by atoms with Crippen molar-refractivity contribution in [2.24, 2.45) is 5.41 Å². The summed E-state index contributed by atoms with van der Waals surface area (Å²) in [5, 5.41) is 15.1. The molecule has 1 aliphatic rings. The number of amides is 2. The Kier molecular flexibility index (Phi) is 4.77. The summed E-state index contributed by atoms with van der Waals surface area (Å²) in [5.74, 6) is -0.514. The molecule has 132 valence electrons. The van der Waals surface area contributed by atoms with E-state index in [2.05, 4.69) is 16.7 Å². The van der Waals surface area contributed by atoms with Crippen molar-refractivity contribution in [1.82, 2.24) is 5.32 Å². The van der Waals surface area contributed by atoms with Gasteiger partial charge >= 0.3 is 6.03 Å². The number of nitrogens with zero attached hydrogens (tertiary/aromatic N) is 1. The van der Waals surface area contributed by atoms with Gasteiger partial charge in [0.2, 0.25) is 0 Å². The van der Waals surface area contributed by atoms with Crippen molar-refractivity contribution in [3.63, 3.8) is 0 Å². The maximum Gasteiger partial charge on any atom is 0.323 e. The van der Waals surface area contributed by atoms with Gasteiger partial charge in [-0.25, -0.2) is 9.18 Å². The number of allylic oxidation sites excluding steroid dienone is 1. The fourth-order valence-electron chi connectivity index (χ4n) is 3.32. The van der Waals surface area contributed by atoms with Crippen molar-refractivity contribution in [3.05, 3.63) is 71.0 Å². The molecule has 0 aromatic heterocycles. The standard InChI is InChI=1S/C21H20FN3O/c1-3-21(2)12-14-8-4-5-9-15(14)19(16(21)13-23)25-20(26)24-18-11-7-6-10-17(18)22/h4-11H,3,12H2,1-2H3,(H2,24,25,26)/t21-/m0/s1. The van der Waals surface area contributed by atoms with Crippen molar-refractivity contribution >= 4 is 17.4 Å². The third kappa shape index (κ3) is 3.18. The Morgan fingerprint density at radius 2 is 1.88 bits per heavy atom. The summed E-state index contributed by atoms with van der Waals surface area (Å²) < 4.78 is 13.8. The number of benzene rings is 2. The van der Waals surface area contributed by atoms with Gasteiger partial charge in [-0.3, -0.25) is 0 Å². The van der Waals surface area contributed by atoms with E-state index < -0.39 is 11.8 Å². The van der Waals surface area contributed by atoms with Crippen molar-refractivity contribution in [2.45, 2.75) is 26.7 Å². The second-order valence-electron chi connectivity index (χ2n) is 6.67. The van der Waals surface area contributed by atoms with Crippen LogP contribution in [0.2, 0.25) is 0 Å². The molecule has 26 heavy (non-hydrogen) atoms. The number of hydrogen-bond acceptors (Lipinski definition) is 2. The maximum atomic E-state index is 13.8. The number of fused-ring (bicyclic) bond motifs is 1. The molecule has 1 aliphatic carbocycles. The van der Waals surface area contributed by atoms with Crippen molar-refractivity contribution in [3.8, 4) is 6.07 Å². The Hall–Kier alpha value is -3.13. The molecule has 1 atom stereocenters. The number of carbonyl (C=O) groups is 1. The summed E-state index contributed by atoms with van der Waals surface area (Å²) in [5.41, 5.74) is 2.68. The number of para-hydroxylation sites is 1.